The van der Waals surface area contributed by atoms with Gasteiger partial charge in [0.15, 0.2) is 0 Å². The van der Waals surface area contributed by atoms with Crippen molar-refractivity contribution in [2.24, 2.45) is 17.6 Å². The number of rotatable bonds is 1. The number of likely N-dealkylation sites (tertiary alicyclic amines) is 1. The summed E-state index contributed by atoms with van der Waals surface area (Å²) in [6.45, 7) is 2.85. The maximum Gasteiger partial charge on any atom is 0.300 e. The molecule has 3 N–H and O–H groups in total. The van der Waals surface area contributed by atoms with Gasteiger partial charge in [-0.25, -0.2) is 0 Å². The predicted molar refractivity (Wildman–Crippen MR) is 91.6 cm³/mol. The highest BCUT2D eigenvalue weighted by Gasteiger charge is 2.43. The number of carboxylic acids is 1. The van der Waals surface area contributed by atoms with E-state index in [1.165, 1.54) is 24.0 Å². The monoisotopic (exact) mass is 330 g/mol. The molecule has 1 saturated carbocycles. The van der Waals surface area contributed by atoms with Gasteiger partial charge in [-0.1, -0.05) is 24.3 Å². The van der Waals surface area contributed by atoms with Gasteiger partial charge in [0.2, 0.25) is 5.91 Å². The van der Waals surface area contributed by atoms with Crippen molar-refractivity contribution in [2.75, 3.05) is 13.1 Å². The van der Waals surface area contributed by atoms with E-state index in [4.69, 9.17) is 15.6 Å². The lowest BCUT2D eigenvalue weighted by Gasteiger charge is -2.37. The van der Waals surface area contributed by atoms with Crippen LogP contribution in [0.25, 0.3) is 0 Å². The highest BCUT2D eigenvalue weighted by atomic mass is 16.4. The second kappa shape index (κ2) is 6.93. The average Bonchev–Trinajstić information content (AvgIpc) is 3.03. The van der Waals surface area contributed by atoms with E-state index in [1.807, 2.05) is 0 Å². The van der Waals surface area contributed by atoms with Crippen molar-refractivity contribution >= 4 is 11.9 Å². The van der Waals surface area contributed by atoms with Gasteiger partial charge in [-0.2, -0.15) is 0 Å². The number of carbonyl (C=O) groups excluding carboxylic acids is 1. The normalized spacial score (nSPS) is 30.3. The van der Waals surface area contributed by atoms with Crippen molar-refractivity contribution in [3.05, 3.63) is 35.4 Å². The zero-order valence-corrected chi connectivity index (χ0v) is 14.1. The lowest BCUT2D eigenvalue weighted by atomic mass is 9.91. The third-order valence-electron chi connectivity index (χ3n) is 5.65. The Morgan fingerprint density at radius 3 is 2.33 bits per heavy atom. The number of fused-ring (bicyclic) bond motifs is 3. The molecule has 2 aliphatic carbocycles. The van der Waals surface area contributed by atoms with Crippen LogP contribution in [0.1, 0.15) is 43.2 Å². The molecule has 1 saturated heterocycles. The summed E-state index contributed by atoms with van der Waals surface area (Å²) in [4.78, 5) is 24.0. The Balaban J connectivity index is 0.000000383. The van der Waals surface area contributed by atoms with Gasteiger partial charge < -0.3 is 15.7 Å². The second-order valence-corrected chi connectivity index (χ2v) is 7.23. The summed E-state index contributed by atoms with van der Waals surface area (Å²) in [7, 11) is 0. The molecule has 1 aromatic carbocycles. The maximum atomic E-state index is 12.9. The lowest BCUT2D eigenvalue weighted by Crippen LogP contribution is -2.51. The van der Waals surface area contributed by atoms with Gasteiger partial charge in [-0.15, -0.1) is 0 Å². The molecule has 1 amide bonds. The Bertz CT molecular complexity index is 613. The van der Waals surface area contributed by atoms with E-state index in [1.54, 1.807) is 0 Å². The summed E-state index contributed by atoms with van der Waals surface area (Å²) in [5.41, 5.74) is 8.87. The molecule has 1 aliphatic heterocycles. The minimum absolute atomic E-state index is 0.0972. The van der Waals surface area contributed by atoms with E-state index in [-0.39, 0.29) is 5.92 Å². The van der Waals surface area contributed by atoms with Gasteiger partial charge in [-0.05, 0) is 48.6 Å². The SMILES string of the molecule is CC(=O)O.NC1[C@@H]2CC[C@H]1CN(C(=O)C1CCc3ccccc31)C2. The number of amides is 1. The number of carbonyl (C=O) groups is 2. The summed E-state index contributed by atoms with van der Waals surface area (Å²) in [6, 6.07) is 8.76. The van der Waals surface area contributed by atoms with Crippen LogP contribution in [-0.4, -0.2) is 41.0 Å². The van der Waals surface area contributed by atoms with Crippen LogP contribution in [-0.2, 0) is 16.0 Å². The molecule has 4 atom stereocenters. The summed E-state index contributed by atoms with van der Waals surface area (Å²) < 4.78 is 0. The third kappa shape index (κ3) is 3.31. The number of piperidine rings is 1. The molecule has 5 heteroatoms. The Morgan fingerprint density at radius 1 is 1.12 bits per heavy atom. The van der Waals surface area contributed by atoms with Crippen LogP contribution in [0.5, 0.6) is 0 Å². The third-order valence-corrected chi connectivity index (χ3v) is 5.65. The molecule has 5 nitrogen and oxygen atoms in total. The van der Waals surface area contributed by atoms with Crippen molar-refractivity contribution in [3.8, 4) is 0 Å². The number of benzene rings is 1. The van der Waals surface area contributed by atoms with E-state index in [9.17, 15) is 4.79 Å². The fourth-order valence-corrected chi connectivity index (χ4v) is 4.48. The first kappa shape index (κ1) is 17.0. The molecule has 2 fully saturated rings. The van der Waals surface area contributed by atoms with Crippen LogP contribution in [0.2, 0.25) is 0 Å². The van der Waals surface area contributed by atoms with Crippen molar-refractivity contribution < 1.29 is 14.7 Å². The van der Waals surface area contributed by atoms with E-state index >= 15 is 0 Å². The van der Waals surface area contributed by atoms with Crippen LogP contribution in [0.3, 0.4) is 0 Å². The molecule has 24 heavy (non-hydrogen) atoms. The van der Waals surface area contributed by atoms with Crippen molar-refractivity contribution in [1.29, 1.82) is 0 Å². The van der Waals surface area contributed by atoms with Crippen LogP contribution < -0.4 is 5.73 Å². The largest absolute Gasteiger partial charge is 0.481 e. The Morgan fingerprint density at radius 2 is 1.71 bits per heavy atom. The van der Waals surface area contributed by atoms with E-state index in [0.717, 1.165) is 32.9 Å². The maximum absolute atomic E-state index is 12.9. The lowest BCUT2D eigenvalue weighted by molar-refractivity contribution is -0.135. The minimum atomic E-state index is -0.833. The fourth-order valence-electron chi connectivity index (χ4n) is 4.48. The van der Waals surface area contributed by atoms with Crippen LogP contribution in [0, 0.1) is 11.8 Å². The standard InChI is InChI=1S/C17H22N2O.C2H4O2/c18-16-12-5-6-13(16)10-19(9-12)17(20)15-8-7-11-3-1-2-4-14(11)15;1-2(3)4/h1-4,12-13,15-16H,5-10,18H2;1H3,(H,3,4)/t12-,13+,15?,16?;. The zero-order valence-electron chi connectivity index (χ0n) is 14.1. The Hall–Kier alpha value is -1.88. The van der Waals surface area contributed by atoms with Crippen molar-refractivity contribution in [2.45, 2.75) is 44.6 Å². The molecule has 4 rings (SSSR count). The zero-order chi connectivity index (χ0) is 17.3. The van der Waals surface area contributed by atoms with Gasteiger partial charge in [0.25, 0.3) is 5.97 Å². The van der Waals surface area contributed by atoms with Crippen LogP contribution in [0.15, 0.2) is 24.3 Å². The molecule has 2 bridgehead atoms. The number of aliphatic carboxylic acids is 1. The summed E-state index contributed by atoms with van der Waals surface area (Å²) in [6.07, 6.45) is 4.44. The predicted octanol–water partition coefficient (Wildman–Crippen LogP) is 2.00. The molecule has 3 aliphatic rings. The number of hydrogen-bond donors (Lipinski definition) is 2. The van der Waals surface area contributed by atoms with Gasteiger partial charge in [0, 0.05) is 26.1 Å². The quantitative estimate of drug-likeness (QED) is 0.825. The van der Waals surface area contributed by atoms with Crippen LogP contribution >= 0.6 is 0 Å². The van der Waals surface area contributed by atoms with Gasteiger partial charge in [0.05, 0.1) is 5.92 Å². The first-order valence-electron chi connectivity index (χ1n) is 8.79. The molecule has 0 aromatic heterocycles. The molecule has 0 spiro atoms. The molecular weight excluding hydrogens is 304 g/mol. The molecule has 2 unspecified atom stereocenters. The molecule has 1 heterocycles. The highest BCUT2D eigenvalue weighted by Crippen LogP contribution is 2.39. The Kier molecular flexibility index (Phi) is 4.90. The topological polar surface area (TPSA) is 83.6 Å². The number of nitrogens with two attached hydrogens (primary N) is 1. The number of nitrogens with zero attached hydrogens (tertiary/aromatic N) is 1. The number of hydrogen-bond acceptors (Lipinski definition) is 3. The second-order valence-electron chi connectivity index (χ2n) is 7.23. The minimum Gasteiger partial charge on any atom is -0.481 e. The van der Waals surface area contributed by atoms with Crippen molar-refractivity contribution in [1.82, 2.24) is 4.90 Å². The van der Waals surface area contributed by atoms with Gasteiger partial charge >= 0.3 is 0 Å². The van der Waals surface area contributed by atoms with Gasteiger partial charge in [-0.3, -0.25) is 9.59 Å². The Labute approximate surface area is 142 Å². The molecule has 130 valence electrons. The number of carboxylic acid groups (broad SMARTS) is 1. The average molecular weight is 330 g/mol. The first-order chi connectivity index (χ1) is 11.5. The van der Waals surface area contributed by atoms with E-state index < -0.39 is 5.97 Å². The van der Waals surface area contributed by atoms with E-state index in [2.05, 4.69) is 29.2 Å². The molecule has 1 aromatic rings. The van der Waals surface area contributed by atoms with Gasteiger partial charge in [0.1, 0.15) is 0 Å². The van der Waals surface area contributed by atoms with Crippen molar-refractivity contribution in [3.63, 3.8) is 0 Å². The molecule has 0 radical (unpaired) electrons. The molecular formula is C19H26N2O3. The first-order valence-corrected chi connectivity index (χ1v) is 8.79. The smallest absolute Gasteiger partial charge is 0.300 e. The fraction of sp³-hybridized carbons (Fsp3) is 0.579. The highest BCUT2D eigenvalue weighted by molar-refractivity contribution is 5.85. The summed E-state index contributed by atoms with van der Waals surface area (Å²) in [5, 5.41) is 7.42. The number of aryl methyl sites for hydroxylation is 1. The van der Waals surface area contributed by atoms with Crippen LogP contribution in [0.4, 0.5) is 0 Å². The summed E-state index contributed by atoms with van der Waals surface area (Å²) >= 11 is 0. The summed E-state index contributed by atoms with van der Waals surface area (Å²) in [5.74, 6) is 0.683. The van der Waals surface area contributed by atoms with E-state index in [0.29, 0.717) is 23.8 Å².